The van der Waals surface area contributed by atoms with Crippen molar-refractivity contribution >= 4 is 27.3 Å². The summed E-state index contributed by atoms with van der Waals surface area (Å²) in [7, 11) is 2.03. The number of halogens is 1. The predicted molar refractivity (Wildman–Crippen MR) is 83.4 cm³/mol. The fourth-order valence-corrected chi connectivity index (χ4v) is 3.53. The van der Waals surface area contributed by atoms with Gasteiger partial charge in [0.15, 0.2) is 0 Å². The van der Waals surface area contributed by atoms with Crippen LogP contribution in [0.1, 0.15) is 27.6 Å². The summed E-state index contributed by atoms with van der Waals surface area (Å²) in [6.45, 7) is 4.33. The molecule has 2 rings (SSSR count). The molecule has 1 unspecified atom stereocenters. The molecular weight excluding hydrogens is 306 g/mol. The zero-order valence-corrected chi connectivity index (χ0v) is 13.4. The van der Waals surface area contributed by atoms with Crippen molar-refractivity contribution in [3.8, 4) is 0 Å². The summed E-state index contributed by atoms with van der Waals surface area (Å²) in [5.41, 5.74) is 4.08. The largest absolute Gasteiger partial charge is 0.313 e. The summed E-state index contributed by atoms with van der Waals surface area (Å²) in [5, 5.41) is 5.56. The van der Waals surface area contributed by atoms with Gasteiger partial charge in [-0.3, -0.25) is 0 Å². The van der Waals surface area contributed by atoms with E-state index < -0.39 is 0 Å². The average Bonchev–Trinajstić information content (AvgIpc) is 2.75. The lowest BCUT2D eigenvalue weighted by Gasteiger charge is -2.17. The molecule has 1 aromatic carbocycles. The highest BCUT2D eigenvalue weighted by molar-refractivity contribution is 9.10. The summed E-state index contributed by atoms with van der Waals surface area (Å²) >= 11 is 5.32. The predicted octanol–water partition coefficient (Wildman–Crippen LogP) is 4.63. The van der Waals surface area contributed by atoms with Crippen LogP contribution in [0, 0.1) is 13.8 Å². The van der Waals surface area contributed by atoms with Crippen molar-refractivity contribution in [1.29, 1.82) is 0 Å². The highest BCUT2D eigenvalue weighted by atomic mass is 79.9. The van der Waals surface area contributed by atoms with Gasteiger partial charge in [0.05, 0.1) is 0 Å². The Kier molecular flexibility index (Phi) is 4.60. The van der Waals surface area contributed by atoms with E-state index in [-0.39, 0.29) is 0 Å². The maximum Gasteiger partial charge on any atom is 0.0366 e. The lowest BCUT2D eigenvalue weighted by atomic mass is 9.98. The van der Waals surface area contributed by atoms with Gasteiger partial charge in [0.25, 0.3) is 0 Å². The van der Waals surface area contributed by atoms with Crippen LogP contribution in [-0.4, -0.2) is 7.05 Å². The highest BCUT2D eigenvalue weighted by Crippen LogP contribution is 2.26. The Balaban J connectivity index is 2.19. The van der Waals surface area contributed by atoms with Gasteiger partial charge in [-0.05, 0) is 59.6 Å². The van der Waals surface area contributed by atoms with E-state index >= 15 is 0 Å². The summed E-state index contributed by atoms with van der Waals surface area (Å²) in [4.78, 5) is 1.40. The normalized spacial score (nSPS) is 12.7. The van der Waals surface area contributed by atoms with Crippen molar-refractivity contribution in [3.05, 3.63) is 55.7 Å². The van der Waals surface area contributed by atoms with Crippen molar-refractivity contribution in [2.24, 2.45) is 0 Å². The van der Waals surface area contributed by atoms with E-state index in [4.69, 9.17) is 0 Å². The fourth-order valence-electron chi connectivity index (χ4n) is 2.03. The Bertz CT molecular complexity index is 533. The van der Waals surface area contributed by atoms with Crippen LogP contribution in [0.5, 0.6) is 0 Å². The van der Waals surface area contributed by atoms with Crippen LogP contribution in [-0.2, 0) is 6.42 Å². The van der Waals surface area contributed by atoms with E-state index in [1.165, 1.54) is 26.0 Å². The number of rotatable bonds is 4. The second-order valence-corrected chi connectivity index (χ2v) is 6.53. The molecule has 0 aliphatic heterocycles. The Labute approximate surface area is 121 Å². The summed E-state index contributed by atoms with van der Waals surface area (Å²) in [6, 6.07) is 9.32. The Morgan fingerprint density at radius 3 is 2.56 bits per heavy atom. The molecule has 0 spiro atoms. The molecule has 1 N–H and O–H groups in total. The minimum absolute atomic E-state index is 0.384. The number of thiophene rings is 1. The molecule has 0 saturated heterocycles. The number of likely N-dealkylation sites (N-methyl/N-ethyl adjacent to an activating group) is 1. The van der Waals surface area contributed by atoms with E-state index in [0.29, 0.717) is 6.04 Å². The van der Waals surface area contributed by atoms with Gasteiger partial charge in [-0.15, -0.1) is 11.3 Å². The highest BCUT2D eigenvalue weighted by Gasteiger charge is 2.12. The topological polar surface area (TPSA) is 12.0 Å². The maximum atomic E-state index is 3.51. The third-order valence-electron chi connectivity index (χ3n) is 3.31. The molecule has 0 saturated carbocycles. The van der Waals surface area contributed by atoms with Gasteiger partial charge in [0.1, 0.15) is 0 Å². The van der Waals surface area contributed by atoms with Crippen LogP contribution in [0.2, 0.25) is 0 Å². The van der Waals surface area contributed by atoms with Gasteiger partial charge in [0, 0.05) is 27.2 Å². The Morgan fingerprint density at radius 1 is 1.22 bits per heavy atom. The minimum Gasteiger partial charge on any atom is -0.313 e. The molecule has 0 aliphatic carbocycles. The van der Waals surface area contributed by atoms with Crippen LogP contribution in [0.3, 0.4) is 0 Å². The molecule has 0 fully saturated rings. The standard InChI is InChI=1S/C15H18BrNS/c1-10-4-5-12(6-11(10)2)15(17-3)8-14-7-13(16)9-18-14/h4-7,9,15,17H,8H2,1-3H3. The lowest BCUT2D eigenvalue weighted by Crippen LogP contribution is -2.18. The van der Waals surface area contributed by atoms with E-state index in [1.54, 1.807) is 0 Å². The number of nitrogens with one attached hydrogen (secondary N) is 1. The maximum absolute atomic E-state index is 3.51. The molecule has 0 radical (unpaired) electrons. The first-order chi connectivity index (χ1) is 8.60. The molecular formula is C15H18BrNS. The first-order valence-corrected chi connectivity index (χ1v) is 7.74. The van der Waals surface area contributed by atoms with Gasteiger partial charge < -0.3 is 5.32 Å². The van der Waals surface area contributed by atoms with Gasteiger partial charge in [-0.2, -0.15) is 0 Å². The van der Waals surface area contributed by atoms with Gasteiger partial charge >= 0.3 is 0 Å². The molecule has 1 aromatic heterocycles. The number of hydrogen-bond donors (Lipinski definition) is 1. The average molecular weight is 324 g/mol. The fraction of sp³-hybridized carbons (Fsp3) is 0.333. The van der Waals surface area contributed by atoms with Crippen LogP contribution in [0.4, 0.5) is 0 Å². The quantitative estimate of drug-likeness (QED) is 0.864. The molecule has 1 nitrogen and oxygen atoms in total. The first kappa shape index (κ1) is 13.8. The second-order valence-electron chi connectivity index (χ2n) is 4.62. The van der Waals surface area contributed by atoms with Crippen LogP contribution in [0.25, 0.3) is 0 Å². The Hall–Kier alpha value is -0.640. The van der Waals surface area contributed by atoms with Crippen molar-refractivity contribution in [2.45, 2.75) is 26.3 Å². The lowest BCUT2D eigenvalue weighted by molar-refractivity contribution is 0.596. The summed E-state index contributed by atoms with van der Waals surface area (Å²) in [6.07, 6.45) is 1.04. The van der Waals surface area contributed by atoms with Crippen molar-refractivity contribution < 1.29 is 0 Å². The van der Waals surface area contributed by atoms with Gasteiger partial charge in [0.2, 0.25) is 0 Å². The molecule has 3 heteroatoms. The van der Waals surface area contributed by atoms with Crippen molar-refractivity contribution in [2.75, 3.05) is 7.05 Å². The van der Waals surface area contributed by atoms with Gasteiger partial charge in [-0.1, -0.05) is 18.2 Å². The molecule has 18 heavy (non-hydrogen) atoms. The molecule has 96 valence electrons. The summed E-state index contributed by atoms with van der Waals surface area (Å²) < 4.78 is 1.18. The molecule has 0 bridgehead atoms. The molecule has 0 aliphatic rings. The molecule has 1 atom stereocenters. The SMILES string of the molecule is CNC(Cc1cc(Br)cs1)c1ccc(C)c(C)c1. The number of aryl methyl sites for hydroxylation is 2. The first-order valence-electron chi connectivity index (χ1n) is 6.07. The zero-order chi connectivity index (χ0) is 13.1. The van der Waals surface area contributed by atoms with Crippen molar-refractivity contribution in [1.82, 2.24) is 5.32 Å². The molecule has 0 amide bonds. The van der Waals surface area contributed by atoms with E-state index in [1.807, 2.05) is 18.4 Å². The van der Waals surface area contributed by atoms with Crippen molar-refractivity contribution in [3.63, 3.8) is 0 Å². The van der Waals surface area contributed by atoms with E-state index in [2.05, 4.69) is 64.7 Å². The third kappa shape index (κ3) is 3.22. The van der Waals surface area contributed by atoms with Crippen LogP contribution in [0.15, 0.2) is 34.1 Å². The summed E-state index contributed by atoms with van der Waals surface area (Å²) in [5.74, 6) is 0. The van der Waals surface area contributed by atoms with E-state index in [0.717, 1.165) is 6.42 Å². The van der Waals surface area contributed by atoms with Crippen LogP contribution < -0.4 is 5.32 Å². The molecule has 1 heterocycles. The van der Waals surface area contributed by atoms with Gasteiger partial charge in [-0.25, -0.2) is 0 Å². The van der Waals surface area contributed by atoms with Crippen LogP contribution >= 0.6 is 27.3 Å². The van der Waals surface area contributed by atoms with E-state index in [9.17, 15) is 0 Å². The smallest absolute Gasteiger partial charge is 0.0366 e. The zero-order valence-electron chi connectivity index (χ0n) is 11.0. The number of hydrogen-bond acceptors (Lipinski definition) is 2. The molecule has 2 aromatic rings. The monoisotopic (exact) mass is 323 g/mol. The number of benzene rings is 1. The third-order valence-corrected chi connectivity index (χ3v) is 5.03. The second kappa shape index (κ2) is 6.00. The minimum atomic E-state index is 0.384. The Morgan fingerprint density at radius 2 is 2.00 bits per heavy atom.